The van der Waals surface area contributed by atoms with Crippen molar-refractivity contribution in [3.63, 3.8) is 0 Å². The molecular weight excluding hydrogens is 354 g/mol. The van der Waals surface area contributed by atoms with Gasteiger partial charge in [0.1, 0.15) is 11.6 Å². The minimum Gasteiger partial charge on any atom is -0.452 e. The predicted octanol–water partition coefficient (Wildman–Crippen LogP) is 3.91. The van der Waals surface area contributed by atoms with Crippen LogP contribution in [0.5, 0.6) is 0 Å². The van der Waals surface area contributed by atoms with Gasteiger partial charge in [-0.1, -0.05) is 0 Å². The first-order chi connectivity index (χ1) is 12.8. The number of carbonyl (C=O) groups is 2. The van der Waals surface area contributed by atoms with Gasteiger partial charge in [-0.25, -0.2) is 13.6 Å². The van der Waals surface area contributed by atoms with Crippen LogP contribution in [-0.4, -0.2) is 23.1 Å². The van der Waals surface area contributed by atoms with Gasteiger partial charge < -0.3 is 14.6 Å². The molecule has 0 aliphatic heterocycles. The van der Waals surface area contributed by atoms with E-state index in [0.717, 1.165) is 29.1 Å². The minimum atomic E-state index is -0.902. The molecule has 0 atom stereocenters. The van der Waals surface area contributed by atoms with Gasteiger partial charge in [0.2, 0.25) is 0 Å². The Morgan fingerprint density at radius 1 is 1.26 bits per heavy atom. The van der Waals surface area contributed by atoms with Crippen LogP contribution < -0.4 is 5.32 Å². The number of amides is 1. The molecule has 142 valence electrons. The molecule has 0 saturated heterocycles. The highest BCUT2D eigenvalue weighted by Gasteiger charge is 2.26. The molecule has 1 aromatic carbocycles. The Kier molecular flexibility index (Phi) is 5.39. The van der Waals surface area contributed by atoms with E-state index in [9.17, 15) is 18.4 Å². The van der Waals surface area contributed by atoms with Crippen molar-refractivity contribution in [3.8, 4) is 0 Å². The summed E-state index contributed by atoms with van der Waals surface area (Å²) < 4.78 is 33.4. The van der Waals surface area contributed by atoms with E-state index in [-0.39, 0.29) is 5.69 Å². The van der Waals surface area contributed by atoms with Gasteiger partial charge >= 0.3 is 5.97 Å². The van der Waals surface area contributed by atoms with E-state index in [1.165, 1.54) is 18.9 Å². The molecule has 7 heteroatoms. The van der Waals surface area contributed by atoms with E-state index in [0.29, 0.717) is 12.1 Å². The molecule has 0 radical (unpaired) electrons. The fraction of sp³-hybridized carbons (Fsp3) is 0.300. The highest BCUT2D eigenvalue weighted by molar-refractivity contribution is 5.94. The summed E-state index contributed by atoms with van der Waals surface area (Å²) in [6, 6.07) is 5.32. The smallest absolute Gasteiger partial charge is 0.331 e. The highest BCUT2D eigenvalue weighted by atomic mass is 19.1. The number of aryl methyl sites for hydroxylation is 1. The normalized spacial score (nSPS) is 13.8. The van der Waals surface area contributed by atoms with E-state index in [1.807, 2.05) is 19.9 Å². The lowest BCUT2D eigenvalue weighted by atomic mass is 10.2. The lowest BCUT2D eigenvalue weighted by Gasteiger charge is -2.07. The molecule has 1 aliphatic rings. The summed E-state index contributed by atoms with van der Waals surface area (Å²) in [5, 5.41) is 2.22. The van der Waals surface area contributed by atoms with Crippen molar-refractivity contribution in [3.05, 3.63) is 58.9 Å². The number of benzene rings is 1. The number of hydrogen-bond acceptors (Lipinski definition) is 3. The summed E-state index contributed by atoms with van der Waals surface area (Å²) in [4.78, 5) is 23.6. The Morgan fingerprint density at radius 2 is 2.00 bits per heavy atom. The average molecular weight is 374 g/mol. The first kappa shape index (κ1) is 18.8. The summed E-state index contributed by atoms with van der Waals surface area (Å²) in [6.45, 7) is 3.46. The van der Waals surface area contributed by atoms with Crippen LogP contribution in [0.1, 0.15) is 35.8 Å². The molecule has 1 aromatic heterocycles. The molecule has 0 spiro atoms. The lowest BCUT2D eigenvalue weighted by Crippen LogP contribution is -2.20. The number of carbonyl (C=O) groups excluding carboxylic acids is 2. The zero-order valence-corrected chi connectivity index (χ0v) is 15.1. The first-order valence-corrected chi connectivity index (χ1v) is 8.63. The molecule has 1 saturated carbocycles. The van der Waals surface area contributed by atoms with Gasteiger partial charge in [-0.3, -0.25) is 4.79 Å². The first-order valence-electron chi connectivity index (χ1n) is 8.63. The van der Waals surface area contributed by atoms with Crippen molar-refractivity contribution in [2.24, 2.45) is 0 Å². The van der Waals surface area contributed by atoms with E-state index in [2.05, 4.69) is 9.88 Å². The van der Waals surface area contributed by atoms with Crippen LogP contribution in [0.15, 0.2) is 30.3 Å². The third-order valence-corrected chi connectivity index (χ3v) is 4.39. The predicted molar refractivity (Wildman–Crippen MR) is 97.2 cm³/mol. The van der Waals surface area contributed by atoms with Gasteiger partial charge in [-0.05, 0) is 56.5 Å². The number of anilines is 1. The molecule has 3 rings (SSSR count). The second-order valence-electron chi connectivity index (χ2n) is 6.54. The minimum absolute atomic E-state index is 0.180. The molecule has 2 aromatic rings. The Balaban J connectivity index is 1.53. The van der Waals surface area contributed by atoms with Gasteiger partial charge in [0, 0.05) is 29.6 Å². The quantitative estimate of drug-likeness (QED) is 0.616. The van der Waals surface area contributed by atoms with Crippen molar-refractivity contribution in [1.29, 1.82) is 0 Å². The van der Waals surface area contributed by atoms with Crippen molar-refractivity contribution in [1.82, 2.24) is 4.57 Å². The standard InChI is InChI=1S/C20H20F2N2O3/c1-12-9-14(13(2)24(12)16-5-6-16)3-8-20(26)27-11-19(25)23-18-7-4-15(21)10-17(18)22/h3-4,7-10,16H,5-6,11H2,1-2H3,(H,23,25)/b8-3+. The number of halogens is 2. The van der Waals surface area contributed by atoms with Gasteiger partial charge in [0.25, 0.3) is 5.91 Å². The fourth-order valence-electron chi connectivity index (χ4n) is 2.99. The maximum Gasteiger partial charge on any atom is 0.331 e. The van der Waals surface area contributed by atoms with Crippen LogP contribution in [0.3, 0.4) is 0 Å². The molecule has 1 heterocycles. The van der Waals surface area contributed by atoms with Gasteiger partial charge in [0.05, 0.1) is 5.69 Å². The summed E-state index contributed by atoms with van der Waals surface area (Å²) in [7, 11) is 0. The van der Waals surface area contributed by atoms with Crippen LogP contribution in [0.25, 0.3) is 6.08 Å². The molecular formula is C20H20F2N2O3. The van der Waals surface area contributed by atoms with E-state index in [1.54, 1.807) is 6.08 Å². The second kappa shape index (κ2) is 7.73. The van der Waals surface area contributed by atoms with E-state index in [4.69, 9.17) is 4.74 Å². The third-order valence-electron chi connectivity index (χ3n) is 4.39. The number of aromatic nitrogens is 1. The van der Waals surface area contributed by atoms with Gasteiger partial charge in [-0.15, -0.1) is 0 Å². The Morgan fingerprint density at radius 3 is 2.67 bits per heavy atom. The van der Waals surface area contributed by atoms with Crippen molar-refractivity contribution in [2.75, 3.05) is 11.9 Å². The van der Waals surface area contributed by atoms with Crippen LogP contribution in [-0.2, 0) is 14.3 Å². The highest BCUT2D eigenvalue weighted by Crippen LogP contribution is 2.38. The molecule has 1 fully saturated rings. The summed E-state index contributed by atoms with van der Waals surface area (Å²) in [5.41, 5.74) is 2.97. The fourth-order valence-corrected chi connectivity index (χ4v) is 2.99. The average Bonchev–Trinajstić information content (AvgIpc) is 3.39. The molecule has 0 bridgehead atoms. The SMILES string of the molecule is Cc1cc(/C=C/C(=O)OCC(=O)Nc2ccc(F)cc2F)c(C)n1C1CC1. The second-order valence-corrected chi connectivity index (χ2v) is 6.54. The number of hydrogen-bond donors (Lipinski definition) is 1. The van der Waals surface area contributed by atoms with Crippen molar-refractivity contribution >= 4 is 23.6 Å². The van der Waals surface area contributed by atoms with Crippen LogP contribution >= 0.6 is 0 Å². The summed E-state index contributed by atoms with van der Waals surface area (Å²) in [5.74, 6) is -3.04. The number of nitrogens with one attached hydrogen (secondary N) is 1. The molecule has 5 nitrogen and oxygen atoms in total. The number of rotatable bonds is 6. The molecule has 27 heavy (non-hydrogen) atoms. The maximum atomic E-state index is 13.5. The third kappa shape index (κ3) is 4.61. The summed E-state index contributed by atoms with van der Waals surface area (Å²) >= 11 is 0. The van der Waals surface area contributed by atoms with Crippen molar-refractivity contribution in [2.45, 2.75) is 32.7 Å². The van der Waals surface area contributed by atoms with Gasteiger partial charge in [-0.2, -0.15) is 0 Å². The zero-order valence-electron chi connectivity index (χ0n) is 15.1. The van der Waals surface area contributed by atoms with E-state index < -0.39 is 30.1 Å². The topological polar surface area (TPSA) is 60.3 Å². The van der Waals surface area contributed by atoms with Crippen LogP contribution in [0, 0.1) is 25.5 Å². The van der Waals surface area contributed by atoms with E-state index >= 15 is 0 Å². The number of nitrogens with zero attached hydrogens (tertiary/aromatic N) is 1. The summed E-state index contributed by atoms with van der Waals surface area (Å²) in [6.07, 6.45) is 5.25. The Labute approximate surface area is 155 Å². The van der Waals surface area contributed by atoms with Crippen LogP contribution in [0.2, 0.25) is 0 Å². The number of esters is 1. The molecule has 1 amide bonds. The Bertz CT molecular complexity index is 914. The maximum absolute atomic E-state index is 13.5. The van der Waals surface area contributed by atoms with Gasteiger partial charge in [0.15, 0.2) is 6.61 Å². The monoisotopic (exact) mass is 374 g/mol. The van der Waals surface area contributed by atoms with Crippen molar-refractivity contribution < 1.29 is 23.1 Å². The molecule has 0 unspecified atom stereocenters. The zero-order chi connectivity index (χ0) is 19.6. The number of ether oxygens (including phenoxy) is 1. The lowest BCUT2D eigenvalue weighted by molar-refractivity contribution is -0.142. The largest absolute Gasteiger partial charge is 0.452 e. The van der Waals surface area contributed by atoms with Crippen LogP contribution in [0.4, 0.5) is 14.5 Å². The molecule has 1 aliphatic carbocycles. The molecule has 1 N–H and O–H groups in total. The Hall–Kier alpha value is -2.96.